The van der Waals surface area contributed by atoms with E-state index >= 15 is 0 Å². The summed E-state index contributed by atoms with van der Waals surface area (Å²) in [5, 5.41) is 12.0. The normalized spacial score (nSPS) is 9.44. The van der Waals surface area contributed by atoms with Gasteiger partial charge in [0.1, 0.15) is 6.20 Å². The predicted molar refractivity (Wildman–Crippen MR) is 28.9 cm³/mol. The third-order valence-corrected chi connectivity index (χ3v) is 0.833. The summed E-state index contributed by atoms with van der Waals surface area (Å²) in [6, 6.07) is 0. The molecule has 0 spiro atoms. The Hall–Kier alpha value is -1.39. The van der Waals surface area contributed by atoms with Gasteiger partial charge < -0.3 is 5.11 Å². The Balaban J connectivity index is 3.34. The van der Waals surface area contributed by atoms with Gasteiger partial charge in [-0.1, -0.05) is 0 Å². The highest BCUT2D eigenvalue weighted by Gasteiger charge is 1.91. The van der Waals surface area contributed by atoms with E-state index in [9.17, 15) is 4.79 Å². The summed E-state index contributed by atoms with van der Waals surface area (Å²) in [6.45, 7) is 0. The number of hydrogen-bond donors (Lipinski definition) is 1. The number of rotatable bonds is 0. The van der Waals surface area contributed by atoms with E-state index in [-0.39, 0.29) is 5.88 Å². The molecule has 0 aliphatic carbocycles. The summed E-state index contributed by atoms with van der Waals surface area (Å²) in [5.41, 5.74) is -0.560. The van der Waals surface area contributed by atoms with Crippen LogP contribution in [0.4, 0.5) is 0 Å². The largest absolute Gasteiger partial charge is 0.492 e. The van der Waals surface area contributed by atoms with E-state index in [2.05, 4.69) is 10.1 Å². The molecule has 0 aliphatic rings. The maximum atomic E-state index is 10.5. The van der Waals surface area contributed by atoms with Crippen LogP contribution in [0.3, 0.4) is 0 Å². The number of hydrogen-bond acceptors (Lipinski definition) is 4. The lowest BCUT2D eigenvalue weighted by Gasteiger charge is -1.90. The molecule has 0 saturated heterocycles. The van der Waals surface area contributed by atoms with Gasteiger partial charge in [0.2, 0.25) is 5.88 Å². The first-order valence-corrected chi connectivity index (χ1v) is 2.29. The van der Waals surface area contributed by atoms with Crippen LogP contribution < -0.4 is 5.69 Å². The number of aromatic hydroxyl groups is 1. The fourth-order valence-corrected chi connectivity index (χ4v) is 0.387. The molecule has 1 aromatic rings. The van der Waals surface area contributed by atoms with Gasteiger partial charge in [-0.05, 0) is 0 Å². The monoisotopic (exact) mass is 127 g/mol. The van der Waals surface area contributed by atoms with Crippen molar-refractivity contribution in [1.82, 2.24) is 14.8 Å². The van der Waals surface area contributed by atoms with Gasteiger partial charge in [0, 0.05) is 7.05 Å². The number of nitrogens with zero attached hydrogens (tertiary/aromatic N) is 3. The zero-order valence-corrected chi connectivity index (χ0v) is 4.77. The number of aromatic nitrogens is 3. The van der Waals surface area contributed by atoms with Crippen molar-refractivity contribution in [2.75, 3.05) is 0 Å². The van der Waals surface area contributed by atoms with E-state index in [0.717, 1.165) is 10.9 Å². The topological polar surface area (TPSA) is 68.0 Å². The molecule has 5 heteroatoms. The van der Waals surface area contributed by atoms with Gasteiger partial charge in [0.05, 0.1) is 0 Å². The molecule has 5 nitrogen and oxygen atoms in total. The van der Waals surface area contributed by atoms with E-state index in [0.29, 0.717) is 0 Å². The molecule has 0 saturated carbocycles. The minimum Gasteiger partial charge on any atom is -0.492 e. The van der Waals surface area contributed by atoms with Gasteiger partial charge in [-0.3, -0.25) is 0 Å². The average molecular weight is 127 g/mol. The molecule has 0 amide bonds. The van der Waals surface area contributed by atoms with Crippen LogP contribution in [-0.2, 0) is 7.05 Å². The van der Waals surface area contributed by atoms with Gasteiger partial charge >= 0.3 is 5.69 Å². The molecule has 9 heavy (non-hydrogen) atoms. The SMILES string of the molecule is Cn1ncc(O)nc1=O. The standard InChI is InChI=1S/C4H5N3O2/c1-7-4(9)6-3(8)2-5-7/h2H,1H3,(H,6,8,9). The molecule has 1 aromatic heterocycles. The van der Waals surface area contributed by atoms with E-state index in [1.807, 2.05) is 0 Å². The Labute approximate surface area is 50.6 Å². The second-order valence-electron chi connectivity index (χ2n) is 1.52. The lowest BCUT2D eigenvalue weighted by Crippen LogP contribution is -2.21. The molecule has 0 unspecified atom stereocenters. The van der Waals surface area contributed by atoms with Crippen molar-refractivity contribution in [2.45, 2.75) is 0 Å². The highest BCUT2D eigenvalue weighted by atomic mass is 16.3. The van der Waals surface area contributed by atoms with Gasteiger partial charge in [-0.15, -0.1) is 0 Å². The Kier molecular flexibility index (Phi) is 1.18. The molecule has 1 heterocycles. The summed E-state index contributed by atoms with van der Waals surface area (Å²) in [6.07, 6.45) is 1.10. The summed E-state index contributed by atoms with van der Waals surface area (Å²) in [4.78, 5) is 13.6. The van der Waals surface area contributed by atoms with Crippen LogP contribution in [0.5, 0.6) is 5.88 Å². The van der Waals surface area contributed by atoms with Crippen molar-refractivity contribution in [2.24, 2.45) is 7.05 Å². The number of aryl methyl sites for hydroxylation is 1. The zero-order valence-electron chi connectivity index (χ0n) is 4.77. The average Bonchev–Trinajstić information content (AvgIpc) is 1.80. The van der Waals surface area contributed by atoms with Crippen LogP contribution in [0.1, 0.15) is 0 Å². The molecule has 0 aliphatic heterocycles. The first-order valence-electron chi connectivity index (χ1n) is 2.29. The van der Waals surface area contributed by atoms with Gasteiger partial charge in [0.15, 0.2) is 0 Å². The molecule has 0 radical (unpaired) electrons. The third-order valence-electron chi connectivity index (χ3n) is 0.833. The van der Waals surface area contributed by atoms with Gasteiger partial charge in [-0.25, -0.2) is 9.48 Å². The van der Waals surface area contributed by atoms with E-state index in [4.69, 9.17) is 5.11 Å². The van der Waals surface area contributed by atoms with Crippen LogP contribution in [0.25, 0.3) is 0 Å². The summed E-state index contributed by atoms with van der Waals surface area (Å²) < 4.78 is 1.03. The fraction of sp³-hybridized carbons (Fsp3) is 0.250. The van der Waals surface area contributed by atoms with Crippen LogP contribution in [0.15, 0.2) is 11.0 Å². The Morgan fingerprint density at radius 2 is 2.44 bits per heavy atom. The highest BCUT2D eigenvalue weighted by Crippen LogP contribution is 1.89. The smallest absolute Gasteiger partial charge is 0.366 e. The molecule has 1 rings (SSSR count). The van der Waals surface area contributed by atoms with Crippen LogP contribution in [0, 0.1) is 0 Å². The lowest BCUT2D eigenvalue weighted by molar-refractivity contribution is 0.436. The molecular weight excluding hydrogens is 122 g/mol. The Morgan fingerprint density at radius 1 is 1.78 bits per heavy atom. The molecule has 0 bridgehead atoms. The van der Waals surface area contributed by atoms with Crippen LogP contribution >= 0.6 is 0 Å². The van der Waals surface area contributed by atoms with Crippen molar-refractivity contribution < 1.29 is 5.11 Å². The van der Waals surface area contributed by atoms with Crippen molar-refractivity contribution in [3.05, 3.63) is 16.7 Å². The molecule has 1 N–H and O–H groups in total. The van der Waals surface area contributed by atoms with Crippen molar-refractivity contribution in [3.8, 4) is 5.88 Å². The summed E-state index contributed by atoms with van der Waals surface area (Å²) in [5.74, 6) is -0.349. The quantitative estimate of drug-likeness (QED) is 0.479. The lowest BCUT2D eigenvalue weighted by atomic mass is 10.8. The molecule has 48 valence electrons. The maximum Gasteiger partial charge on any atom is 0.366 e. The first-order chi connectivity index (χ1) is 4.20. The maximum absolute atomic E-state index is 10.5. The molecule has 0 fully saturated rings. The van der Waals surface area contributed by atoms with E-state index < -0.39 is 5.69 Å². The third kappa shape index (κ3) is 1.04. The summed E-state index contributed by atoms with van der Waals surface area (Å²) in [7, 11) is 1.45. The highest BCUT2D eigenvalue weighted by molar-refractivity contribution is 4.94. The fourth-order valence-electron chi connectivity index (χ4n) is 0.387. The van der Waals surface area contributed by atoms with Crippen LogP contribution in [0.2, 0.25) is 0 Å². The van der Waals surface area contributed by atoms with Gasteiger partial charge in [-0.2, -0.15) is 10.1 Å². The summed E-state index contributed by atoms with van der Waals surface area (Å²) >= 11 is 0. The Bertz CT molecular complexity index is 267. The molecular formula is C4H5N3O2. The van der Waals surface area contributed by atoms with Crippen molar-refractivity contribution >= 4 is 0 Å². The molecule has 0 aromatic carbocycles. The second kappa shape index (κ2) is 1.85. The minimum absolute atomic E-state index is 0.349. The minimum atomic E-state index is -0.560. The second-order valence-corrected chi connectivity index (χ2v) is 1.52. The Morgan fingerprint density at radius 3 is 2.89 bits per heavy atom. The first kappa shape index (κ1) is 5.74. The van der Waals surface area contributed by atoms with Crippen LogP contribution in [-0.4, -0.2) is 19.9 Å². The predicted octanol–water partition coefficient (Wildman–Crippen LogP) is -1.12. The van der Waals surface area contributed by atoms with E-state index in [1.165, 1.54) is 7.05 Å². The van der Waals surface area contributed by atoms with Crippen molar-refractivity contribution in [3.63, 3.8) is 0 Å². The van der Waals surface area contributed by atoms with E-state index in [1.54, 1.807) is 0 Å². The molecule has 0 atom stereocenters. The van der Waals surface area contributed by atoms with Gasteiger partial charge in [0.25, 0.3) is 0 Å². The van der Waals surface area contributed by atoms with Crippen molar-refractivity contribution in [1.29, 1.82) is 0 Å². The zero-order chi connectivity index (χ0) is 6.85.